The van der Waals surface area contributed by atoms with Crippen LogP contribution in [0.5, 0.6) is 0 Å². The molecule has 0 atom stereocenters. The second-order valence-corrected chi connectivity index (χ2v) is 12.7. The number of pyridine rings is 1. The van der Waals surface area contributed by atoms with E-state index in [0.29, 0.717) is 47.0 Å². The highest BCUT2D eigenvalue weighted by Crippen LogP contribution is 2.40. The second-order valence-electron chi connectivity index (χ2n) is 10.8. The standard InChI is InChI=1S/C31H25F2N5O5S/c1-44(41,42)38(10-8-32)26-14-27-23(28-29(43-27)21-6-5-20(33)12-25(21)35-30(28)39)13-22(26)17-3-2-4-18(11-17)31(40)37-9-7-24-19(16-37)15-34-36-24/h2-6,11-15H,7-10,16H2,1H3,(H,34,36)(H,35,39). The number of amides is 1. The Labute approximate surface area is 248 Å². The summed E-state index contributed by atoms with van der Waals surface area (Å²) in [7, 11) is -3.97. The number of H-pyrrole nitrogens is 2. The number of alkyl halides is 1. The van der Waals surface area contributed by atoms with Crippen LogP contribution in [0.3, 0.4) is 0 Å². The van der Waals surface area contributed by atoms with Crippen LogP contribution >= 0.6 is 0 Å². The summed E-state index contributed by atoms with van der Waals surface area (Å²) >= 11 is 0. The summed E-state index contributed by atoms with van der Waals surface area (Å²) in [6, 6.07) is 13.7. The number of rotatable bonds is 6. The largest absolute Gasteiger partial charge is 0.455 e. The quantitative estimate of drug-likeness (QED) is 0.274. The predicted molar refractivity (Wildman–Crippen MR) is 162 cm³/mol. The minimum absolute atomic E-state index is 0.120. The van der Waals surface area contributed by atoms with Crippen LogP contribution in [0.4, 0.5) is 14.5 Å². The lowest BCUT2D eigenvalue weighted by Crippen LogP contribution is -2.35. The number of furan rings is 1. The third-order valence-electron chi connectivity index (χ3n) is 7.97. The van der Waals surface area contributed by atoms with E-state index >= 15 is 0 Å². The van der Waals surface area contributed by atoms with E-state index in [1.807, 2.05) is 0 Å². The number of halogens is 2. The Hall–Kier alpha value is -5.04. The zero-order chi connectivity index (χ0) is 30.7. The van der Waals surface area contributed by atoms with E-state index in [2.05, 4.69) is 15.2 Å². The van der Waals surface area contributed by atoms with Crippen molar-refractivity contribution in [3.8, 4) is 11.1 Å². The number of fused-ring (bicyclic) bond motifs is 6. The number of hydrogen-bond donors (Lipinski definition) is 2. The Kier molecular flexibility index (Phi) is 6.50. The van der Waals surface area contributed by atoms with Crippen molar-refractivity contribution in [3.05, 3.63) is 93.8 Å². The summed E-state index contributed by atoms with van der Waals surface area (Å²) in [5.74, 6) is -0.749. The highest BCUT2D eigenvalue weighted by atomic mass is 32.2. The first-order valence-corrected chi connectivity index (χ1v) is 15.6. The Bertz CT molecular complexity index is 2290. The summed E-state index contributed by atoms with van der Waals surface area (Å²) in [6.07, 6.45) is 3.31. The van der Waals surface area contributed by atoms with Crippen molar-refractivity contribution in [2.24, 2.45) is 0 Å². The molecule has 0 saturated heterocycles. The lowest BCUT2D eigenvalue weighted by Gasteiger charge is -2.27. The maximum absolute atomic E-state index is 13.9. The monoisotopic (exact) mass is 617 g/mol. The van der Waals surface area contributed by atoms with Gasteiger partial charge in [-0.1, -0.05) is 12.1 Å². The van der Waals surface area contributed by atoms with Crippen molar-refractivity contribution < 1.29 is 26.4 Å². The number of sulfonamides is 1. The Morgan fingerprint density at radius 1 is 1.14 bits per heavy atom. The summed E-state index contributed by atoms with van der Waals surface area (Å²) < 4.78 is 60.5. The van der Waals surface area contributed by atoms with E-state index < -0.39 is 34.6 Å². The molecule has 3 aromatic heterocycles. The molecule has 2 N–H and O–H groups in total. The van der Waals surface area contributed by atoms with Gasteiger partial charge < -0.3 is 14.3 Å². The highest BCUT2D eigenvalue weighted by molar-refractivity contribution is 7.92. The molecule has 6 aromatic rings. The molecule has 7 rings (SSSR count). The molecular weight excluding hydrogens is 592 g/mol. The van der Waals surface area contributed by atoms with E-state index in [-0.39, 0.29) is 33.7 Å². The molecule has 13 heteroatoms. The lowest BCUT2D eigenvalue weighted by atomic mass is 9.98. The molecule has 0 aliphatic carbocycles. The lowest BCUT2D eigenvalue weighted by molar-refractivity contribution is 0.0734. The fraction of sp³-hybridized carbons (Fsp3) is 0.194. The summed E-state index contributed by atoms with van der Waals surface area (Å²) in [5.41, 5.74) is 3.36. The van der Waals surface area contributed by atoms with Crippen LogP contribution < -0.4 is 9.86 Å². The van der Waals surface area contributed by atoms with Crippen LogP contribution in [0.25, 0.3) is 44.0 Å². The fourth-order valence-electron chi connectivity index (χ4n) is 5.93. The van der Waals surface area contributed by atoms with Gasteiger partial charge in [0, 0.05) is 58.7 Å². The normalized spacial score (nSPS) is 13.6. The van der Waals surface area contributed by atoms with Gasteiger partial charge in [-0.2, -0.15) is 5.10 Å². The SMILES string of the molecule is CS(=O)(=O)N(CCF)c1cc2oc3c4ccc(F)cc4[nH]c(=O)c3c2cc1-c1cccc(C(=O)N2CCc3[nH]ncc3C2)c1. The summed E-state index contributed by atoms with van der Waals surface area (Å²) in [4.78, 5) is 31.2. The van der Waals surface area contributed by atoms with Gasteiger partial charge in [-0.25, -0.2) is 17.2 Å². The van der Waals surface area contributed by atoms with E-state index in [0.717, 1.165) is 21.8 Å². The van der Waals surface area contributed by atoms with E-state index in [1.54, 1.807) is 41.4 Å². The zero-order valence-electron chi connectivity index (χ0n) is 23.4. The molecule has 1 aliphatic rings. The van der Waals surface area contributed by atoms with E-state index in [9.17, 15) is 26.8 Å². The number of benzene rings is 3. The third-order valence-corrected chi connectivity index (χ3v) is 9.15. The smallest absolute Gasteiger partial charge is 0.260 e. The van der Waals surface area contributed by atoms with Gasteiger partial charge in [-0.05, 0) is 42.0 Å². The van der Waals surface area contributed by atoms with Gasteiger partial charge in [0.1, 0.15) is 23.7 Å². The van der Waals surface area contributed by atoms with Crippen LogP contribution in [-0.2, 0) is 23.0 Å². The van der Waals surface area contributed by atoms with Crippen LogP contribution in [0.15, 0.2) is 70.0 Å². The number of nitrogens with zero attached hydrogens (tertiary/aromatic N) is 3. The molecule has 0 unspecified atom stereocenters. The molecule has 44 heavy (non-hydrogen) atoms. The average Bonchev–Trinajstić information content (AvgIpc) is 3.62. The van der Waals surface area contributed by atoms with Crippen LogP contribution in [-0.4, -0.2) is 60.4 Å². The topological polar surface area (TPSA) is 132 Å². The Balaban J connectivity index is 1.43. The van der Waals surface area contributed by atoms with Crippen molar-refractivity contribution >= 4 is 54.5 Å². The van der Waals surface area contributed by atoms with Gasteiger partial charge in [-0.3, -0.25) is 19.0 Å². The number of carbonyl (C=O) groups excluding carboxylic acids is 1. The van der Waals surface area contributed by atoms with E-state index in [4.69, 9.17) is 4.42 Å². The van der Waals surface area contributed by atoms with Crippen LogP contribution in [0.1, 0.15) is 21.6 Å². The summed E-state index contributed by atoms with van der Waals surface area (Å²) in [6.45, 7) is -0.522. The molecule has 10 nitrogen and oxygen atoms in total. The molecule has 4 heterocycles. The van der Waals surface area contributed by atoms with Crippen LogP contribution in [0, 0.1) is 5.82 Å². The van der Waals surface area contributed by atoms with Crippen molar-refractivity contribution in [1.82, 2.24) is 20.1 Å². The minimum Gasteiger partial charge on any atom is -0.455 e. The predicted octanol–water partition coefficient (Wildman–Crippen LogP) is 4.89. The maximum atomic E-state index is 13.9. The molecule has 0 saturated carbocycles. The first kappa shape index (κ1) is 27.8. The van der Waals surface area contributed by atoms with Gasteiger partial charge in [-0.15, -0.1) is 0 Å². The van der Waals surface area contributed by atoms with Gasteiger partial charge in [0.05, 0.1) is 35.6 Å². The van der Waals surface area contributed by atoms with Crippen molar-refractivity contribution in [2.75, 3.05) is 30.3 Å². The first-order valence-electron chi connectivity index (χ1n) is 13.8. The molecular formula is C31H25F2N5O5S. The molecule has 0 fully saturated rings. The van der Waals surface area contributed by atoms with E-state index in [1.165, 1.54) is 24.3 Å². The minimum atomic E-state index is -3.97. The van der Waals surface area contributed by atoms with Gasteiger partial charge >= 0.3 is 0 Å². The number of hydrogen-bond acceptors (Lipinski definition) is 6. The first-order chi connectivity index (χ1) is 21.1. The second kappa shape index (κ2) is 10.3. The average molecular weight is 618 g/mol. The number of anilines is 1. The molecule has 0 radical (unpaired) electrons. The maximum Gasteiger partial charge on any atom is 0.260 e. The number of aromatic nitrogens is 3. The van der Waals surface area contributed by atoms with Crippen molar-refractivity contribution in [1.29, 1.82) is 0 Å². The number of aromatic amines is 2. The molecule has 0 spiro atoms. The number of nitrogens with one attached hydrogen (secondary N) is 2. The van der Waals surface area contributed by atoms with Gasteiger partial charge in [0.2, 0.25) is 10.0 Å². The fourth-order valence-corrected chi connectivity index (χ4v) is 6.84. The highest BCUT2D eigenvalue weighted by Gasteiger charge is 2.27. The van der Waals surface area contributed by atoms with Crippen molar-refractivity contribution in [2.45, 2.75) is 13.0 Å². The molecule has 1 aliphatic heterocycles. The van der Waals surface area contributed by atoms with Gasteiger partial charge in [0.15, 0.2) is 0 Å². The van der Waals surface area contributed by atoms with Crippen molar-refractivity contribution in [3.63, 3.8) is 0 Å². The molecule has 0 bridgehead atoms. The number of carbonyl (C=O) groups is 1. The molecule has 3 aromatic carbocycles. The van der Waals surface area contributed by atoms with Gasteiger partial charge in [0.25, 0.3) is 11.5 Å². The molecule has 1 amide bonds. The van der Waals surface area contributed by atoms with Crippen LogP contribution in [0.2, 0.25) is 0 Å². The zero-order valence-corrected chi connectivity index (χ0v) is 24.2. The molecule has 224 valence electrons. The Morgan fingerprint density at radius 3 is 2.77 bits per heavy atom. The third kappa shape index (κ3) is 4.60. The summed E-state index contributed by atoms with van der Waals surface area (Å²) in [5, 5.41) is 8.04. The Morgan fingerprint density at radius 2 is 1.98 bits per heavy atom.